The molecule has 148 valence electrons. The number of carbonyl (C=O) groups excluding carboxylic acids is 1. The predicted molar refractivity (Wildman–Crippen MR) is 103 cm³/mol. The number of hydrogen-bond donors (Lipinski definition) is 1. The minimum Gasteiger partial charge on any atom is -0.352 e. The first-order chi connectivity index (χ1) is 14.1. The zero-order valence-corrected chi connectivity index (χ0v) is 15.3. The van der Waals surface area contributed by atoms with Gasteiger partial charge < -0.3 is 15.1 Å². The van der Waals surface area contributed by atoms with E-state index in [1.807, 2.05) is 0 Å². The Labute approximate surface area is 165 Å². The molecule has 1 amide bonds. The molecular formula is C19H17F2N7O. The monoisotopic (exact) mass is 397 g/mol. The number of nitrogens with zero attached hydrogens (tertiary/aromatic N) is 6. The Morgan fingerprint density at radius 1 is 0.897 bits per heavy atom. The Morgan fingerprint density at radius 2 is 1.62 bits per heavy atom. The van der Waals surface area contributed by atoms with Crippen molar-refractivity contribution < 1.29 is 13.6 Å². The Bertz CT molecular complexity index is 993. The molecule has 0 unspecified atom stereocenters. The van der Waals surface area contributed by atoms with Crippen LogP contribution in [0.5, 0.6) is 0 Å². The second-order valence-corrected chi connectivity index (χ2v) is 6.38. The van der Waals surface area contributed by atoms with Crippen LogP contribution in [0.2, 0.25) is 0 Å². The highest BCUT2D eigenvalue weighted by Gasteiger charge is 2.20. The fraction of sp³-hybridized carbons (Fsp3) is 0.211. The lowest BCUT2D eigenvalue weighted by atomic mass is 10.2. The van der Waals surface area contributed by atoms with Crippen LogP contribution in [0.4, 0.5) is 26.4 Å². The summed E-state index contributed by atoms with van der Waals surface area (Å²) in [4.78, 5) is 24.8. The summed E-state index contributed by atoms with van der Waals surface area (Å²) in [6, 6.07) is 8.09. The lowest BCUT2D eigenvalue weighted by molar-refractivity contribution is 0.102. The average molecular weight is 397 g/mol. The zero-order valence-electron chi connectivity index (χ0n) is 15.3. The molecule has 8 nitrogen and oxygen atoms in total. The SMILES string of the molecule is O=C(Nc1ccc(N2CCN(c3ncccn3)CC2)nn1)c1ccc(F)c(F)c1. The highest BCUT2D eigenvalue weighted by atomic mass is 19.2. The van der Waals surface area contributed by atoms with Gasteiger partial charge >= 0.3 is 0 Å². The molecule has 1 aliphatic rings. The molecule has 29 heavy (non-hydrogen) atoms. The normalized spacial score (nSPS) is 14.0. The van der Waals surface area contributed by atoms with Gasteiger partial charge in [-0.1, -0.05) is 0 Å². The molecule has 10 heteroatoms. The van der Waals surface area contributed by atoms with Crippen LogP contribution in [-0.4, -0.2) is 52.3 Å². The molecule has 0 bridgehead atoms. The van der Waals surface area contributed by atoms with Gasteiger partial charge in [0, 0.05) is 44.1 Å². The van der Waals surface area contributed by atoms with Crippen LogP contribution < -0.4 is 15.1 Å². The van der Waals surface area contributed by atoms with Crippen molar-refractivity contribution in [1.82, 2.24) is 20.2 Å². The van der Waals surface area contributed by atoms with Gasteiger partial charge in [0.25, 0.3) is 5.91 Å². The Kier molecular flexibility index (Phi) is 5.23. The molecule has 3 heterocycles. The van der Waals surface area contributed by atoms with Crippen molar-refractivity contribution in [3.8, 4) is 0 Å². The summed E-state index contributed by atoms with van der Waals surface area (Å²) in [5.74, 6) is -1.08. The summed E-state index contributed by atoms with van der Waals surface area (Å²) in [5.41, 5.74) is -0.00553. The smallest absolute Gasteiger partial charge is 0.256 e. The Balaban J connectivity index is 1.36. The first-order valence-corrected chi connectivity index (χ1v) is 8.97. The van der Waals surface area contributed by atoms with Gasteiger partial charge in [0.15, 0.2) is 23.3 Å². The van der Waals surface area contributed by atoms with Crippen LogP contribution in [0.25, 0.3) is 0 Å². The van der Waals surface area contributed by atoms with E-state index in [9.17, 15) is 13.6 Å². The minimum absolute atomic E-state index is 0.00553. The van der Waals surface area contributed by atoms with Gasteiger partial charge in [0.05, 0.1) is 0 Å². The molecule has 0 aliphatic carbocycles. The second-order valence-electron chi connectivity index (χ2n) is 6.38. The minimum atomic E-state index is -1.08. The molecule has 0 radical (unpaired) electrons. The number of benzene rings is 1. The predicted octanol–water partition coefficient (Wildman–Crippen LogP) is 2.12. The lowest BCUT2D eigenvalue weighted by Crippen LogP contribution is -2.47. The maximum atomic E-state index is 13.3. The molecule has 1 aliphatic heterocycles. The second kappa shape index (κ2) is 8.13. The number of anilines is 3. The first kappa shape index (κ1) is 18.7. The number of nitrogens with one attached hydrogen (secondary N) is 1. The summed E-state index contributed by atoms with van der Waals surface area (Å²) in [7, 11) is 0. The van der Waals surface area contributed by atoms with Crippen molar-refractivity contribution in [2.75, 3.05) is 41.3 Å². The van der Waals surface area contributed by atoms with Crippen molar-refractivity contribution in [1.29, 1.82) is 0 Å². The molecule has 4 rings (SSSR count). The van der Waals surface area contributed by atoms with E-state index in [2.05, 4.69) is 35.3 Å². The Hall–Kier alpha value is -3.69. The number of halogens is 2. The molecule has 0 spiro atoms. The maximum Gasteiger partial charge on any atom is 0.256 e. The van der Waals surface area contributed by atoms with Gasteiger partial charge in [-0.2, -0.15) is 0 Å². The van der Waals surface area contributed by atoms with Crippen molar-refractivity contribution in [3.63, 3.8) is 0 Å². The van der Waals surface area contributed by atoms with Crippen LogP contribution in [0.3, 0.4) is 0 Å². The van der Waals surface area contributed by atoms with E-state index in [0.717, 1.165) is 38.3 Å². The fourth-order valence-corrected chi connectivity index (χ4v) is 2.98. The van der Waals surface area contributed by atoms with Crippen LogP contribution in [0, 0.1) is 11.6 Å². The third-order valence-electron chi connectivity index (χ3n) is 4.51. The fourth-order valence-electron chi connectivity index (χ4n) is 2.98. The van der Waals surface area contributed by atoms with Crippen LogP contribution in [0.15, 0.2) is 48.8 Å². The summed E-state index contributed by atoms with van der Waals surface area (Å²) >= 11 is 0. The van der Waals surface area contributed by atoms with Gasteiger partial charge in [-0.25, -0.2) is 18.7 Å². The number of carbonyl (C=O) groups is 1. The van der Waals surface area contributed by atoms with E-state index >= 15 is 0 Å². The Morgan fingerprint density at radius 3 is 2.28 bits per heavy atom. The molecule has 1 saturated heterocycles. The summed E-state index contributed by atoms with van der Waals surface area (Å²) in [6.07, 6.45) is 3.43. The molecule has 2 aromatic heterocycles. The van der Waals surface area contributed by atoms with Crippen LogP contribution in [-0.2, 0) is 0 Å². The standard InChI is InChI=1S/C19H17F2N7O/c20-14-3-2-13(12-15(14)21)18(29)24-16-4-5-17(26-25-16)27-8-10-28(11-9-27)19-22-6-1-7-23-19/h1-7,12H,8-11H2,(H,24,25,29). The van der Waals surface area contributed by atoms with Crippen molar-refractivity contribution in [2.45, 2.75) is 0 Å². The summed E-state index contributed by atoms with van der Waals surface area (Å²) < 4.78 is 26.3. The van der Waals surface area contributed by atoms with E-state index in [1.54, 1.807) is 30.6 Å². The van der Waals surface area contributed by atoms with Crippen molar-refractivity contribution in [3.05, 3.63) is 66.0 Å². The quantitative estimate of drug-likeness (QED) is 0.722. The lowest BCUT2D eigenvalue weighted by Gasteiger charge is -2.35. The average Bonchev–Trinajstić information content (AvgIpc) is 2.77. The molecule has 0 saturated carbocycles. The number of amides is 1. The van der Waals surface area contributed by atoms with E-state index in [1.165, 1.54) is 6.07 Å². The maximum absolute atomic E-state index is 13.3. The molecule has 1 aromatic carbocycles. The van der Waals surface area contributed by atoms with Gasteiger partial charge in [0.1, 0.15) is 0 Å². The van der Waals surface area contributed by atoms with Crippen LogP contribution in [0.1, 0.15) is 10.4 Å². The largest absolute Gasteiger partial charge is 0.352 e. The molecule has 1 N–H and O–H groups in total. The molecule has 3 aromatic rings. The highest BCUT2D eigenvalue weighted by Crippen LogP contribution is 2.17. The van der Waals surface area contributed by atoms with Gasteiger partial charge in [-0.05, 0) is 36.4 Å². The van der Waals surface area contributed by atoms with Gasteiger partial charge in [-0.15, -0.1) is 10.2 Å². The van der Waals surface area contributed by atoms with Gasteiger partial charge in [-0.3, -0.25) is 4.79 Å². The van der Waals surface area contributed by atoms with Crippen molar-refractivity contribution >= 4 is 23.5 Å². The topological polar surface area (TPSA) is 87.1 Å². The summed E-state index contributed by atoms with van der Waals surface area (Å²) in [5, 5.41) is 10.7. The van der Waals surface area contributed by atoms with E-state index in [0.29, 0.717) is 11.8 Å². The summed E-state index contributed by atoms with van der Waals surface area (Å²) in [6.45, 7) is 2.96. The van der Waals surface area contributed by atoms with Gasteiger partial charge in [0.2, 0.25) is 5.95 Å². The number of rotatable bonds is 4. The zero-order chi connectivity index (χ0) is 20.2. The number of hydrogen-bond acceptors (Lipinski definition) is 7. The van der Waals surface area contributed by atoms with E-state index < -0.39 is 17.5 Å². The van der Waals surface area contributed by atoms with Crippen LogP contribution >= 0.6 is 0 Å². The number of piperazine rings is 1. The molecular weight excluding hydrogens is 380 g/mol. The third kappa shape index (κ3) is 4.26. The first-order valence-electron chi connectivity index (χ1n) is 8.97. The van der Waals surface area contributed by atoms with E-state index in [4.69, 9.17) is 0 Å². The van der Waals surface area contributed by atoms with Crippen molar-refractivity contribution in [2.24, 2.45) is 0 Å². The third-order valence-corrected chi connectivity index (χ3v) is 4.51. The highest BCUT2D eigenvalue weighted by molar-refractivity contribution is 6.03. The van der Waals surface area contributed by atoms with E-state index in [-0.39, 0.29) is 11.4 Å². The number of aromatic nitrogens is 4. The molecule has 1 fully saturated rings. The molecule has 0 atom stereocenters.